The van der Waals surface area contributed by atoms with Crippen LogP contribution in [-0.4, -0.2) is 30.6 Å². The molecule has 0 aliphatic heterocycles. The second-order valence-electron chi connectivity index (χ2n) is 22.4. The van der Waals surface area contributed by atoms with Crippen molar-refractivity contribution in [3.8, 4) is 34.5 Å². The van der Waals surface area contributed by atoms with Crippen molar-refractivity contribution in [2.24, 2.45) is 0 Å². The summed E-state index contributed by atoms with van der Waals surface area (Å²) < 4.78 is 0. The van der Waals surface area contributed by atoms with Crippen molar-refractivity contribution in [3.63, 3.8) is 0 Å². The summed E-state index contributed by atoms with van der Waals surface area (Å²) in [4.78, 5) is 0. The first-order chi connectivity index (χ1) is 32.7. The van der Waals surface area contributed by atoms with Crippen LogP contribution < -0.4 is 0 Å². The average Bonchev–Trinajstić information content (AvgIpc) is 3.30. The Hall–Kier alpha value is -5.88. The van der Waals surface area contributed by atoms with E-state index in [0.717, 1.165) is 55.6 Å². The molecule has 374 valence electrons. The lowest BCUT2D eigenvalue weighted by Gasteiger charge is -2.28. The zero-order valence-electron chi connectivity index (χ0n) is 45.1. The Morgan fingerprint density at radius 2 is 0.371 bits per heavy atom. The van der Waals surface area contributed by atoms with E-state index < -0.39 is 17.8 Å². The molecule has 0 radical (unpaired) electrons. The van der Waals surface area contributed by atoms with Crippen LogP contribution in [0, 0.1) is 0 Å². The van der Waals surface area contributed by atoms with Gasteiger partial charge in [-0.05, 0) is 81.0 Å². The van der Waals surface area contributed by atoms with Crippen LogP contribution in [0.4, 0.5) is 0 Å². The van der Waals surface area contributed by atoms with E-state index in [1.54, 1.807) is 12.1 Å². The van der Waals surface area contributed by atoms with E-state index >= 15 is 0 Å². The molecule has 6 nitrogen and oxygen atoms in total. The van der Waals surface area contributed by atoms with Gasteiger partial charge in [0.15, 0.2) is 0 Å². The quantitative estimate of drug-likeness (QED) is 0.0575. The third-order valence-corrected chi connectivity index (χ3v) is 15.5. The Morgan fingerprint density at radius 1 is 0.214 bits per heavy atom. The highest BCUT2D eigenvalue weighted by atomic mass is 16.3. The fraction of sp³-hybridized carbons (Fsp3) is 0.438. The molecular formula is C64H82O6. The Kier molecular flexibility index (Phi) is 16.2. The third kappa shape index (κ3) is 10.6. The highest BCUT2D eigenvalue weighted by Crippen LogP contribution is 2.50. The molecule has 0 amide bonds. The summed E-state index contributed by atoms with van der Waals surface area (Å²) in [6.07, 6.45) is 0. The number of phenolic OH excluding ortho intramolecular Hbond substituents is 6. The molecule has 0 bridgehead atoms. The first kappa shape index (κ1) is 53.5. The maximum absolute atomic E-state index is 12.6. The molecule has 0 spiro atoms. The normalized spacial score (nSPS) is 14.3. The van der Waals surface area contributed by atoms with Crippen LogP contribution in [0.15, 0.2) is 84.9 Å². The number of rotatable bonds is 16. The van der Waals surface area contributed by atoms with Gasteiger partial charge >= 0.3 is 0 Å². The van der Waals surface area contributed by atoms with Crippen molar-refractivity contribution >= 4 is 0 Å². The van der Waals surface area contributed by atoms with Gasteiger partial charge in [-0.15, -0.1) is 0 Å². The molecular weight excluding hydrogens is 865 g/mol. The first-order valence-electron chi connectivity index (χ1n) is 25.9. The summed E-state index contributed by atoms with van der Waals surface area (Å²) in [5.41, 5.74) is 13.4. The van der Waals surface area contributed by atoms with E-state index in [1.165, 1.54) is 0 Å². The van der Waals surface area contributed by atoms with E-state index in [9.17, 15) is 30.6 Å². The molecule has 6 N–H and O–H groups in total. The lowest BCUT2D eigenvalue weighted by Crippen LogP contribution is -2.09. The van der Waals surface area contributed by atoms with Crippen LogP contribution >= 0.6 is 0 Å². The first-order valence-corrected chi connectivity index (χ1v) is 25.9. The predicted molar refractivity (Wildman–Crippen MR) is 291 cm³/mol. The number of phenols is 6. The van der Waals surface area contributed by atoms with Crippen LogP contribution in [0.3, 0.4) is 0 Å². The van der Waals surface area contributed by atoms with Crippen molar-refractivity contribution in [2.45, 2.75) is 183 Å². The summed E-state index contributed by atoms with van der Waals surface area (Å²) >= 11 is 0. The highest BCUT2D eigenvalue weighted by molar-refractivity contribution is 5.62. The van der Waals surface area contributed by atoms with Gasteiger partial charge in [-0.2, -0.15) is 0 Å². The zero-order valence-corrected chi connectivity index (χ0v) is 45.1. The minimum absolute atomic E-state index is 0.105. The van der Waals surface area contributed by atoms with Gasteiger partial charge in [0.2, 0.25) is 0 Å². The van der Waals surface area contributed by atoms with Gasteiger partial charge in [-0.3, -0.25) is 0 Å². The molecule has 6 rings (SSSR count). The molecule has 0 saturated carbocycles. The van der Waals surface area contributed by atoms with E-state index in [2.05, 4.69) is 132 Å². The van der Waals surface area contributed by atoms with Gasteiger partial charge in [0, 0.05) is 85.2 Å². The molecule has 70 heavy (non-hydrogen) atoms. The molecule has 6 heteroatoms. The maximum atomic E-state index is 12.6. The molecule has 0 aliphatic carbocycles. The Bertz CT molecular complexity index is 2650. The molecule has 0 aliphatic rings. The third-order valence-electron chi connectivity index (χ3n) is 15.5. The second kappa shape index (κ2) is 21.2. The highest BCUT2D eigenvalue weighted by Gasteiger charge is 2.31. The number of hydrogen-bond acceptors (Lipinski definition) is 6. The molecule has 0 aromatic heterocycles. The topological polar surface area (TPSA) is 121 Å². The summed E-state index contributed by atoms with van der Waals surface area (Å²) in [5, 5.41) is 72.2. The fourth-order valence-electron chi connectivity index (χ4n) is 10.2. The standard InChI is InChI=1S/C64H82O6/c1-32(2)43-18-20-59(65)49(22-43)38(13)51-24-45(34(5)6)26-53(61(51)67)40(15)55-28-47(36(9)10)30-57(63(55)69)42(17)58-31-48(37(11)12)29-56(64(58)70)41(16)54-27-46(35(7)8)25-52(62(54)68)39(14)50-23-44(33(3)4)19-21-60(50)66/h18-42,65-70H,1-17H3. The van der Waals surface area contributed by atoms with Crippen LogP contribution in [0.25, 0.3) is 0 Å². The SMILES string of the molecule is CC(C)c1ccc(O)c(C(C)c2cc(C(C)C)cc(C(C)c3cc(C(C)C)cc(C(C)c4cc(C(C)C)cc(C(C)c5cc(C(C)C)cc(C(C)c6cc(C(C)C)ccc6O)c5O)c4O)c3O)c2O)c1. The number of hydrogen-bond donors (Lipinski definition) is 6. The summed E-state index contributed by atoms with van der Waals surface area (Å²) in [7, 11) is 0. The number of aromatic hydroxyl groups is 6. The zero-order chi connectivity index (χ0) is 52.0. The Morgan fingerprint density at radius 3 is 0.543 bits per heavy atom. The largest absolute Gasteiger partial charge is 0.508 e. The van der Waals surface area contributed by atoms with Crippen LogP contribution in [-0.2, 0) is 0 Å². The van der Waals surface area contributed by atoms with Crippen molar-refractivity contribution in [2.75, 3.05) is 0 Å². The molecule has 4 atom stereocenters. The van der Waals surface area contributed by atoms with Crippen molar-refractivity contribution in [1.82, 2.24) is 0 Å². The van der Waals surface area contributed by atoms with E-state index in [-0.39, 0.29) is 81.8 Å². The van der Waals surface area contributed by atoms with E-state index in [4.69, 9.17) is 0 Å². The van der Waals surface area contributed by atoms with Crippen LogP contribution in [0.2, 0.25) is 0 Å². The molecule has 6 aromatic carbocycles. The lowest BCUT2D eigenvalue weighted by molar-refractivity contribution is 0.441. The van der Waals surface area contributed by atoms with Crippen LogP contribution in [0.1, 0.15) is 272 Å². The van der Waals surface area contributed by atoms with Gasteiger partial charge in [0.1, 0.15) is 34.5 Å². The van der Waals surface area contributed by atoms with Crippen LogP contribution in [0.5, 0.6) is 34.5 Å². The molecule has 0 fully saturated rings. The predicted octanol–water partition coefficient (Wildman–Crippen LogP) is 17.4. The summed E-state index contributed by atoms with van der Waals surface area (Å²) in [6, 6.07) is 27.9. The van der Waals surface area contributed by atoms with E-state index in [0.29, 0.717) is 33.4 Å². The minimum atomic E-state index is -0.459. The van der Waals surface area contributed by atoms with Gasteiger partial charge in [0.05, 0.1) is 0 Å². The molecule has 6 aromatic rings. The second-order valence-corrected chi connectivity index (χ2v) is 22.4. The van der Waals surface area contributed by atoms with Gasteiger partial charge < -0.3 is 30.6 Å². The molecule has 0 saturated heterocycles. The summed E-state index contributed by atoms with van der Waals surface area (Å²) in [5.74, 6) is -0.0231. The van der Waals surface area contributed by atoms with Crippen molar-refractivity contribution < 1.29 is 30.6 Å². The Balaban J connectivity index is 1.50. The summed E-state index contributed by atoms with van der Waals surface area (Å²) in [6.45, 7) is 35.7. The van der Waals surface area contributed by atoms with Crippen molar-refractivity contribution in [3.05, 3.63) is 174 Å². The Labute approximate surface area is 420 Å². The lowest BCUT2D eigenvalue weighted by atomic mass is 9.78. The maximum Gasteiger partial charge on any atom is 0.123 e. The minimum Gasteiger partial charge on any atom is -0.508 e. The monoisotopic (exact) mass is 947 g/mol. The smallest absolute Gasteiger partial charge is 0.123 e. The van der Waals surface area contributed by atoms with E-state index in [1.807, 2.05) is 58.9 Å². The molecule has 0 heterocycles. The van der Waals surface area contributed by atoms with Gasteiger partial charge in [-0.1, -0.05) is 190 Å². The van der Waals surface area contributed by atoms with Gasteiger partial charge in [0.25, 0.3) is 0 Å². The average molecular weight is 947 g/mol. The van der Waals surface area contributed by atoms with Gasteiger partial charge in [-0.25, -0.2) is 0 Å². The molecule has 4 unspecified atom stereocenters. The fourth-order valence-corrected chi connectivity index (χ4v) is 10.2. The number of benzene rings is 6. The van der Waals surface area contributed by atoms with Crippen molar-refractivity contribution in [1.29, 1.82) is 0 Å².